The van der Waals surface area contributed by atoms with Crippen molar-refractivity contribution in [2.45, 2.75) is 6.04 Å². The van der Waals surface area contributed by atoms with Crippen LogP contribution in [0.1, 0.15) is 11.6 Å². The van der Waals surface area contributed by atoms with Crippen molar-refractivity contribution in [3.05, 3.63) is 35.9 Å². The minimum atomic E-state index is -0.496. The first kappa shape index (κ1) is 14.5. The highest BCUT2D eigenvalue weighted by atomic mass is 16.5. The smallest absolute Gasteiger partial charge is 0.321 e. The van der Waals surface area contributed by atoms with Crippen LogP contribution in [-0.4, -0.2) is 50.2 Å². The number of benzene rings is 1. The Kier molecular flexibility index (Phi) is 5.09. The second-order valence-electron chi connectivity index (χ2n) is 4.53. The largest absolute Gasteiger partial charge is 0.379 e. The monoisotopic (exact) mass is 277 g/mol. The Hall–Kier alpha value is -1.92. The van der Waals surface area contributed by atoms with Gasteiger partial charge in [-0.25, -0.2) is 4.79 Å². The number of morpholine rings is 1. The van der Waals surface area contributed by atoms with Gasteiger partial charge in [0.2, 0.25) is 5.91 Å². The van der Waals surface area contributed by atoms with Crippen molar-refractivity contribution in [1.82, 2.24) is 15.5 Å². The molecular formula is C14H19N3O3. The minimum absolute atomic E-state index is 0.322. The van der Waals surface area contributed by atoms with E-state index in [0.717, 1.165) is 5.56 Å². The molecule has 20 heavy (non-hydrogen) atoms. The summed E-state index contributed by atoms with van der Waals surface area (Å²) in [5.41, 5.74) is 0.871. The Morgan fingerprint density at radius 3 is 2.45 bits per heavy atom. The molecule has 1 heterocycles. The first-order valence-corrected chi connectivity index (χ1v) is 6.61. The summed E-state index contributed by atoms with van der Waals surface area (Å²) in [5, 5.41) is 4.75. The van der Waals surface area contributed by atoms with Gasteiger partial charge in [-0.15, -0.1) is 0 Å². The van der Waals surface area contributed by atoms with E-state index in [1.807, 2.05) is 35.2 Å². The van der Waals surface area contributed by atoms with Crippen LogP contribution in [0.5, 0.6) is 0 Å². The standard InChI is InChI=1S/C14H19N3O3/c1-15-14(19)16-13(18)12(11-5-3-2-4-6-11)17-7-9-20-10-8-17/h2-6,12H,7-10H2,1H3,(H2,15,16,18,19). The van der Waals surface area contributed by atoms with Gasteiger partial charge in [0.15, 0.2) is 0 Å². The summed E-state index contributed by atoms with van der Waals surface area (Å²) in [4.78, 5) is 25.7. The Morgan fingerprint density at radius 2 is 1.85 bits per heavy atom. The first-order valence-electron chi connectivity index (χ1n) is 6.61. The van der Waals surface area contributed by atoms with E-state index in [4.69, 9.17) is 4.74 Å². The molecule has 6 heteroatoms. The maximum absolute atomic E-state index is 12.4. The Bertz CT molecular complexity index is 458. The quantitative estimate of drug-likeness (QED) is 0.845. The highest BCUT2D eigenvalue weighted by molar-refractivity contribution is 5.97. The zero-order valence-corrected chi connectivity index (χ0v) is 11.5. The number of rotatable bonds is 3. The average molecular weight is 277 g/mol. The predicted octanol–water partition coefficient (Wildman–Crippen LogP) is 0.515. The van der Waals surface area contributed by atoms with Crippen LogP contribution in [0.25, 0.3) is 0 Å². The van der Waals surface area contributed by atoms with Gasteiger partial charge >= 0.3 is 6.03 Å². The lowest BCUT2D eigenvalue weighted by molar-refractivity contribution is -0.127. The van der Waals surface area contributed by atoms with Gasteiger partial charge < -0.3 is 10.1 Å². The Labute approximate surface area is 118 Å². The van der Waals surface area contributed by atoms with Crippen LogP contribution in [0.15, 0.2) is 30.3 Å². The highest BCUT2D eigenvalue weighted by Gasteiger charge is 2.29. The molecule has 3 amide bonds. The molecule has 1 atom stereocenters. The summed E-state index contributed by atoms with van der Waals surface area (Å²) < 4.78 is 5.32. The molecule has 0 radical (unpaired) electrons. The van der Waals surface area contributed by atoms with Gasteiger partial charge in [0, 0.05) is 20.1 Å². The van der Waals surface area contributed by atoms with Crippen molar-refractivity contribution in [2.24, 2.45) is 0 Å². The van der Waals surface area contributed by atoms with Gasteiger partial charge in [-0.3, -0.25) is 15.0 Å². The topological polar surface area (TPSA) is 70.7 Å². The number of urea groups is 1. The zero-order valence-electron chi connectivity index (χ0n) is 11.5. The van der Waals surface area contributed by atoms with E-state index in [9.17, 15) is 9.59 Å². The van der Waals surface area contributed by atoms with E-state index >= 15 is 0 Å². The first-order chi connectivity index (χ1) is 9.72. The van der Waals surface area contributed by atoms with Crippen LogP contribution < -0.4 is 10.6 Å². The second-order valence-corrected chi connectivity index (χ2v) is 4.53. The van der Waals surface area contributed by atoms with E-state index < -0.39 is 12.1 Å². The molecule has 1 fully saturated rings. The molecule has 1 aliphatic rings. The molecule has 0 bridgehead atoms. The molecular weight excluding hydrogens is 258 g/mol. The third-order valence-corrected chi connectivity index (χ3v) is 3.24. The average Bonchev–Trinajstić information content (AvgIpc) is 2.49. The summed E-state index contributed by atoms with van der Waals surface area (Å²) in [6.07, 6.45) is 0. The molecule has 0 spiro atoms. The highest BCUT2D eigenvalue weighted by Crippen LogP contribution is 2.21. The molecule has 0 aromatic heterocycles. The van der Waals surface area contributed by atoms with Crippen LogP contribution in [0.3, 0.4) is 0 Å². The van der Waals surface area contributed by atoms with E-state index in [0.29, 0.717) is 26.3 Å². The molecule has 6 nitrogen and oxygen atoms in total. The summed E-state index contributed by atoms with van der Waals surface area (Å²) >= 11 is 0. The molecule has 108 valence electrons. The molecule has 1 aliphatic heterocycles. The van der Waals surface area contributed by atoms with Gasteiger partial charge in [0.1, 0.15) is 6.04 Å². The van der Waals surface area contributed by atoms with Gasteiger partial charge in [-0.05, 0) is 5.56 Å². The number of ether oxygens (including phenoxy) is 1. The number of carbonyl (C=O) groups is 2. The van der Waals surface area contributed by atoms with Gasteiger partial charge in [-0.2, -0.15) is 0 Å². The lowest BCUT2D eigenvalue weighted by Crippen LogP contribution is -2.48. The minimum Gasteiger partial charge on any atom is -0.379 e. The van der Waals surface area contributed by atoms with Crippen molar-refractivity contribution in [3.63, 3.8) is 0 Å². The fourth-order valence-electron chi connectivity index (χ4n) is 2.24. The fraction of sp³-hybridized carbons (Fsp3) is 0.429. The fourth-order valence-corrected chi connectivity index (χ4v) is 2.24. The van der Waals surface area contributed by atoms with Gasteiger partial charge in [0.25, 0.3) is 0 Å². The number of nitrogens with one attached hydrogen (secondary N) is 2. The van der Waals surface area contributed by atoms with Crippen LogP contribution in [0.2, 0.25) is 0 Å². The summed E-state index contributed by atoms with van der Waals surface area (Å²) in [5.74, 6) is -0.322. The van der Waals surface area contributed by atoms with Gasteiger partial charge in [0.05, 0.1) is 13.2 Å². The Balaban J connectivity index is 2.19. The Morgan fingerprint density at radius 1 is 1.20 bits per heavy atom. The van der Waals surface area contributed by atoms with E-state index in [1.54, 1.807) is 0 Å². The van der Waals surface area contributed by atoms with E-state index in [1.165, 1.54) is 7.05 Å². The summed E-state index contributed by atoms with van der Waals surface area (Å²) in [6.45, 7) is 2.52. The molecule has 0 aliphatic carbocycles. The lowest BCUT2D eigenvalue weighted by Gasteiger charge is -2.33. The van der Waals surface area contributed by atoms with Crippen molar-refractivity contribution < 1.29 is 14.3 Å². The van der Waals surface area contributed by atoms with E-state index in [2.05, 4.69) is 10.6 Å². The third kappa shape index (κ3) is 3.55. The normalized spacial score (nSPS) is 17.2. The number of carbonyl (C=O) groups excluding carboxylic acids is 2. The van der Waals surface area contributed by atoms with Crippen molar-refractivity contribution in [1.29, 1.82) is 0 Å². The SMILES string of the molecule is CNC(=O)NC(=O)C(c1ccccc1)N1CCOCC1. The summed E-state index contributed by atoms with van der Waals surface area (Å²) in [6, 6.07) is 8.48. The number of amides is 3. The van der Waals surface area contributed by atoms with Crippen molar-refractivity contribution in [3.8, 4) is 0 Å². The van der Waals surface area contributed by atoms with Gasteiger partial charge in [-0.1, -0.05) is 30.3 Å². The zero-order chi connectivity index (χ0) is 14.4. The lowest BCUT2D eigenvalue weighted by atomic mass is 10.0. The molecule has 2 rings (SSSR count). The molecule has 2 N–H and O–H groups in total. The second kappa shape index (κ2) is 7.02. The predicted molar refractivity (Wildman–Crippen MR) is 74.2 cm³/mol. The molecule has 1 aromatic carbocycles. The number of imide groups is 1. The molecule has 1 aromatic rings. The van der Waals surface area contributed by atoms with E-state index in [-0.39, 0.29) is 5.91 Å². The maximum Gasteiger partial charge on any atom is 0.321 e. The molecule has 1 unspecified atom stereocenters. The van der Waals surface area contributed by atoms with Crippen LogP contribution in [0, 0.1) is 0 Å². The van der Waals surface area contributed by atoms with Crippen molar-refractivity contribution >= 4 is 11.9 Å². The maximum atomic E-state index is 12.4. The number of hydrogen-bond donors (Lipinski definition) is 2. The van der Waals surface area contributed by atoms with Crippen LogP contribution >= 0.6 is 0 Å². The van der Waals surface area contributed by atoms with Crippen molar-refractivity contribution in [2.75, 3.05) is 33.4 Å². The van der Waals surface area contributed by atoms with Crippen LogP contribution in [0.4, 0.5) is 4.79 Å². The number of hydrogen-bond acceptors (Lipinski definition) is 4. The molecule has 1 saturated heterocycles. The molecule has 0 saturated carbocycles. The van der Waals surface area contributed by atoms with Crippen LogP contribution in [-0.2, 0) is 9.53 Å². The number of nitrogens with zero attached hydrogens (tertiary/aromatic N) is 1. The summed E-state index contributed by atoms with van der Waals surface area (Å²) in [7, 11) is 1.48. The third-order valence-electron chi connectivity index (χ3n) is 3.24.